The minimum atomic E-state index is -0.166. The number of H-pyrrole nitrogens is 1. The van der Waals surface area contributed by atoms with Crippen molar-refractivity contribution in [2.75, 3.05) is 18.1 Å². The highest BCUT2D eigenvalue weighted by Crippen LogP contribution is 2.22. The van der Waals surface area contributed by atoms with Crippen LogP contribution in [0.25, 0.3) is 0 Å². The molecule has 0 aliphatic carbocycles. The first-order valence-corrected chi connectivity index (χ1v) is 7.22. The minimum Gasteiger partial charge on any atom is -0.349 e. The van der Waals surface area contributed by atoms with Crippen molar-refractivity contribution in [1.29, 1.82) is 0 Å². The first kappa shape index (κ1) is 12.4. The first-order valence-electron chi connectivity index (χ1n) is 6.06. The molecule has 0 bridgehead atoms. The summed E-state index contributed by atoms with van der Waals surface area (Å²) in [5.74, 6) is 3.85. The molecule has 2 rings (SSSR count). The number of aryl methyl sites for hydroxylation is 1. The highest BCUT2D eigenvalue weighted by atomic mass is 32.2. The summed E-state index contributed by atoms with van der Waals surface area (Å²) in [6.45, 7) is 2.81. The van der Waals surface area contributed by atoms with Crippen molar-refractivity contribution in [3.63, 3.8) is 0 Å². The predicted octanol–water partition coefficient (Wildman–Crippen LogP) is 1.24. The molecule has 1 aliphatic rings. The van der Waals surface area contributed by atoms with Gasteiger partial charge in [-0.2, -0.15) is 11.8 Å². The Bertz CT molecular complexity index is 373. The van der Waals surface area contributed by atoms with Gasteiger partial charge >= 0.3 is 0 Å². The zero-order valence-corrected chi connectivity index (χ0v) is 10.8. The van der Waals surface area contributed by atoms with Crippen molar-refractivity contribution < 1.29 is 4.79 Å². The maximum absolute atomic E-state index is 11.8. The molecule has 1 amide bonds. The lowest BCUT2D eigenvalue weighted by atomic mass is 10.1. The molecule has 2 N–H and O–H groups in total. The SMILES string of the molecule is CCCc1nc(C(=O)NCC2CCSC2)n[nH]1. The molecule has 17 heavy (non-hydrogen) atoms. The molecule has 1 atom stereocenters. The average molecular weight is 254 g/mol. The second-order valence-electron chi connectivity index (χ2n) is 4.30. The molecular weight excluding hydrogens is 236 g/mol. The molecule has 0 spiro atoms. The molecule has 1 aromatic heterocycles. The van der Waals surface area contributed by atoms with Crippen molar-refractivity contribution in [1.82, 2.24) is 20.5 Å². The van der Waals surface area contributed by atoms with E-state index >= 15 is 0 Å². The fraction of sp³-hybridized carbons (Fsp3) is 0.727. The second-order valence-corrected chi connectivity index (χ2v) is 5.45. The summed E-state index contributed by atoms with van der Waals surface area (Å²) in [6, 6.07) is 0. The monoisotopic (exact) mass is 254 g/mol. The molecule has 1 aliphatic heterocycles. The Morgan fingerprint density at radius 3 is 3.24 bits per heavy atom. The van der Waals surface area contributed by atoms with Crippen molar-refractivity contribution in [3.05, 3.63) is 11.6 Å². The van der Waals surface area contributed by atoms with Gasteiger partial charge in [-0.25, -0.2) is 4.98 Å². The molecular formula is C11H18N4OS. The van der Waals surface area contributed by atoms with E-state index < -0.39 is 0 Å². The van der Waals surface area contributed by atoms with E-state index in [0.717, 1.165) is 31.0 Å². The van der Waals surface area contributed by atoms with Crippen LogP contribution in [0.2, 0.25) is 0 Å². The number of hydrogen-bond acceptors (Lipinski definition) is 4. The molecule has 1 fully saturated rings. The van der Waals surface area contributed by atoms with Gasteiger partial charge in [0.2, 0.25) is 5.82 Å². The molecule has 94 valence electrons. The summed E-state index contributed by atoms with van der Waals surface area (Å²) in [5, 5.41) is 9.62. The predicted molar refractivity (Wildman–Crippen MR) is 68.1 cm³/mol. The molecule has 1 saturated heterocycles. The quantitative estimate of drug-likeness (QED) is 0.829. The third-order valence-electron chi connectivity index (χ3n) is 2.80. The number of aromatic amines is 1. The molecule has 0 radical (unpaired) electrons. The van der Waals surface area contributed by atoms with E-state index in [-0.39, 0.29) is 11.7 Å². The number of amides is 1. The maximum Gasteiger partial charge on any atom is 0.290 e. The van der Waals surface area contributed by atoms with E-state index in [9.17, 15) is 4.79 Å². The third-order valence-corrected chi connectivity index (χ3v) is 4.03. The van der Waals surface area contributed by atoms with E-state index in [1.54, 1.807) is 0 Å². The highest BCUT2D eigenvalue weighted by Gasteiger charge is 2.18. The number of nitrogens with one attached hydrogen (secondary N) is 2. The molecule has 0 saturated carbocycles. The van der Waals surface area contributed by atoms with Crippen LogP contribution in [0, 0.1) is 5.92 Å². The largest absolute Gasteiger partial charge is 0.349 e. The topological polar surface area (TPSA) is 70.7 Å². The molecule has 0 aromatic carbocycles. The van der Waals surface area contributed by atoms with E-state index in [1.807, 2.05) is 11.8 Å². The van der Waals surface area contributed by atoms with Crippen molar-refractivity contribution in [2.24, 2.45) is 5.92 Å². The van der Waals surface area contributed by atoms with Gasteiger partial charge in [-0.1, -0.05) is 6.92 Å². The van der Waals surface area contributed by atoms with Crippen LogP contribution in [0.4, 0.5) is 0 Å². The van der Waals surface area contributed by atoms with Crippen LogP contribution in [-0.4, -0.2) is 39.1 Å². The number of hydrogen-bond donors (Lipinski definition) is 2. The Labute approximate surface area is 105 Å². The summed E-state index contributed by atoms with van der Waals surface area (Å²) in [7, 11) is 0. The van der Waals surface area contributed by atoms with Gasteiger partial charge in [0.05, 0.1) is 0 Å². The van der Waals surface area contributed by atoms with E-state index in [2.05, 4.69) is 27.4 Å². The number of carbonyl (C=O) groups excluding carboxylic acids is 1. The normalized spacial score (nSPS) is 19.5. The van der Waals surface area contributed by atoms with E-state index in [1.165, 1.54) is 12.2 Å². The van der Waals surface area contributed by atoms with Crippen LogP contribution in [0.3, 0.4) is 0 Å². The average Bonchev–Trinajstić information content (AvgIpc) is 2.97. The number of aromatic nitrogens is 3. The smallest absolute Gasteiger partial charge is 0.290 e. The molecule has 5 nitrogen and oxygen atoms in total. The Morgan fingerprint density at radius 2 is 2.53 bits per heavy atom. The fourth-order valence-electron chi connectivity index (χ4n) is 1.81. The van der Waals surface area contributed by atoms with Crippen molar-refractivity contribution in [2.45, 2.75) is 26.2 Å². The van der Waals surface area contributed by atoms with Crippen LogP contribution < -0.4 is 5.32 Å². The van der Waals surface area contributed by atoms with Crippen LogP contribution in [-0.2, 0) is 6.42 Å². The lowest BCUT2D eigenvalue weighted by Crippen LogP contribution is -2.30. The van der Waals surface area contributed by atoms with Gasteiger partial charge in [-0.15, -0.1) is 5.10 Å². The Balaban J connectivity index is 1.81. The van der Waals surface area contributed by atoms with Gasteiger partial charge in [-0.05, 0) is 30.3 Å². The van der Waals surface area contributed by atoms with E-state index in [4.69, 9.17) is 0 Å². The zero-order valence-electron chi connectivity index (χ0n) is 10.0. The molecule has 1 unspecified atom stereocenters. The lowest BCUT2D eigenvalue weighted by Gasteiger charge is -2.07. The first-order chi connectivity index (χ1) is 8.29. The van der Waals surface area contributed by atoms with Gasteiger partial charge in [0.25, 0.3) is 5.91 Å². The Kier molecular flexibility index (Phi) is 4.42. The van der Waals surface area contributed by atoms with Crippen LogP contribution in [0.1, 0.15) is 36.2 Å². The van der Waals surface area contributed by atoms with E-state index in [0.29, 0.717) is 5.92 Å². The second kappa shape index (κ2) is 6.05. The van der Waals surface area contributed by atoms with Gasteiger partial charge in [-0.3, -0.25) is 9.89 Å². The Morgan fingerprint density at radius 1 is 1.65 bits per heavy atom. The third kappa shape index (κ3) is 3.46. The zero-order chi connectivity index (χ0) is 12.1. The van der Waals surface area contributed by atoms with Crippen LogP contribution in [0.15, 0.2) is 0 Å². The highest BCUT2D eigenvalue weighted by molar-refractivity contribution is 7.99. The Hall–Kier alpha value is -1.04. The van der Waals surface area contributed by atoms with Gasteiger partial charge < -0.3 is 5.32 Å². The van der Waals surface area contributed by atoms with Gasteiger partial charge in [0.1, 0.15) is 5.82 Å². The molecule has 6 heteroatoms. The number of nitrogens with zero attached hydrogens (tertiary/aromatic N) is 2. The molecule has 2 heterocycles. The van der Waals surface area contributed by atoms with Crippen LogP contribution in [0.5, 0.6) is 0 Å². The fourth-order valence-corrected chi connectivity index (χ4v) is 3.09. The number of rotatable bonds is 5. The molecule has 1 aromatic rings. The van der Waals surface area contributed by atoms with Gasteiger partial charge in [0.15, 0.2) is 0 Å². The lowest BCUT2D eigenvalue weighted by molar-refractivity contribution is 0.0938. The van der Waals surface area contributed by atoms with Crippen molar-refractivity contribution in [3.8, 4) is 0 Å². The summed E-state index contributed by atoms with van der Waals surface area (Å²) in [4.78, 5) is 15.9. The minimum absolute atomic E-state index is 0.166. The van der Waals surface area contributed by atoms with Gasteiger partial charge in [0, 0.05) is 13.0 Å². The standard InChI is InChI=1S/C11H18N4OS/c1-2-3-9-13-10(15-14-9)11(16)12-6-8-4-5-17-7-8/h8H,2-7H2,1H3,(H,12,16)(H,13,14,15). The maximum atomic E-state index is 11.8. The summed E-state index contributed by atoms with van der Waals surface area (Å²) < 4.78 is 0. The van der Waals surface area contributed by atoms with Crippen LogP contribution >= 0.6 is 11.8 Å². The van der Waals surface area contributed by atoms with Crippen molar-refractivity contribution >= 4 is 17.7 Å². The summed E-state index contributed by atoms with van der Waals surface area (Å²) >= 11 is 1.95. The summed E-state index contributed by atoms with van der Waals surface area (Å²) in [6.07, 6.45) is 3.02. The number of thioether (sulfide) groups is 1. The summed E-state index contributed by atoms with van der Waals surface area (Å²) in [5.41, 5.74) is 0. The number of carbonyl (C=O) groups is 1.